The smallest absolute Gasteiger partial charge is 0.251 e. The minimum absolute atomic E-state index is 0.0263. The number of hydrogen-bond acceptors (Lipinski definition) is 5. The van der Waals surface area contributed by atoms with Gasteiger partial charge in [-0.05, 0) is 49.1 Å². The number of methoxy groups -OCH3 is 1. The molecule has 0 aliphatic carbocycles. The van der Waals surface area contributed by atoms with Gasteiger partial charge in [0.15, 0.2) is 0 Å². The lowest BCUT2D eigenvalue weighted by Gasteiger charge is -2.24. The largest absolute Gasteiger partial charge is 0.495 e. The number of hydrogen-bond donors (Lipinski definition) is 2. The predicted octanol–water partition coefficient (Wildman–Crippen LogP) is 4.65. The van der Waals surface area contributed by atoms with Crippen molar-refractivity contribution >= 4 is 27.0 Å². The molecular weight excluding hydrogens is 464 g/mol. The molecule has 2 N–H and O–H groups in total. The Morgan fingerprint density at radius 1 is 1.14 bits per heavy atom. The number of carbonyl (C=O) groups is 1. The lowest BCUT2D eigenvalue weighted by atomic mass is 9.98. The Bertz CT molecular complexity index is 1250. The first-order chi connectivity index (χ1) is 16.8. The summed E-state index contributed by atoms with van der Waals surface area (Å²) in [7, 11) is -2.35. The molecule has 3 aromatic rings. The van der Waals surface area contributed by atoms with Gasteiger partial charge < -0.3 is 15.0 Å². The average Bonchev–Trinajstić information content (AvgIpc) is 3.10. The predicted molar refractivity (Wildman–Crippen MR) is 136 cm³/mol. The first-order valence-electron chi connectivity index (χ1n) is 12.3. The second-order valence-corrected chi connectivity index (χ2v) is 11.1. The molecule has 1 aliphatic heterocycles. The molecule has 9 heteroatoms. The van der Waals surface area contributed by atoms with E-state index in [1.807, 2.05) is 24.3 Å². The zero-order valence-corrected chi connectivity index (χ0v) is 21.4. The Hall–Kier alpha value is -2.91. The van der Waals surface area contributed by atoms with E-state index in [0.29, 0.717) is 18.9 Å². The van der Waals surface area contributed by atoms with E-state index in [2.05, 4.69) is 24.1 Å². The van der Waals surface area contributed by atoms with Crippen molar-refractivity contribution < 1.29 is 17.9 Å². The van der Waals surface area contributed by atoms with Crippen molar-refractivity contribution in [3.63, 3.8) is 0 Å². The average molecular weight is 499 g/mol. The van der Waals surface area contributed by atoms with Crippen molar-refractivity contribution in [3.8, 4) is 5.75 Å². The van der Waals surface area contributed by atoms with Crippen LogP contribution in [-0.4, -0.2) is 48.8 Å². The van der Waals surface area contributed by atoms with Crippen molar-refractivity contribution in [2.75, 3.05) is 20.2 Å². The molecule has 1 aromatic heterocycles. The van der Waals surface area contributed by atoms with Gasteiger partial charge in [0.2, 0.25) is 10.0 Å². The fourth-order valence-electron chi connectivity index (χ4n) is 4.50. The summed E-state index contributed by atoms with van der Waals surface area (Å²) < 4.78 is 33.9. The van der Waals surface area contributed by atoms with Crippen molar-refractivity contribution in [3.05, 3.63) is 53.9 Å². The zero-order chi connectivity index (χ0) is 25.0. The summed E-state index contributed by atoms with van der Waals surface area (Å²) in [5.41, 5.74) is 2.00. The quantitative estimate of drug-likeness (QED) is 0.470. The SMILES string of the molecule is CCC(C)C(NC(=O)c1ccc(OC)c(S(=O)(=O)N2CCCCCC2)c1)c1nc2ccccc2[nH]1. The molecule has 2 aromatic carbocycles. The third kappa shape index (κ3) is 5.36. The highest BCUT2D eigenvalue weighted by Crippen LogP contribution is 2.30. The van der Waals surface area contributed by atoms with Gasteiger partial charge in [-0.3, -0.25) is 4.79 Å². The maximum absolute atomic E-state index is 13.5. The first kappa shape index (κ1) is 25.2. The summed E-state index contributed by atoms with van der Waals surface area (Å²) in [6.07, 6.45) is 4.53. The molecular formula is C26H34N4O4S. The number of aromatic nitrogens is 2. The number of nitrogens with one attached hydrogen (secondary N) is 2. The van der Waals surface area contributed by atoms with Gasteiger partial charge in [-0.1, -0.05) is 45.2 Å². The summed E-state index contributed by atoms with van der Waals surface area (Å²) in [6.45, 7) is 5.07. The number of para-hydroxylation sites is 2. The third-order valence-corrected chi connectivity index (χ3v) is 8.73. The number of ether oxygens (including phenoxy) is 1. The second-order valence-electron chi connectivity index (χ2n) is 9.16. The molecule has 0 spiro atoms. The van der Waals surface area contributed by atoms with Gasteiger partial charge in [0.05, 0.1) is 24.2 Å². The molecule has 2 heterocycles. The van der Waals surface area contributed by atoms with Crippen molar-refractivity contribution in [1.29, 1.82) is 0 Å². The van der Waals surface area contributed by atoms with Crippen LogP contribution < -0.4 is 10.1 Å². The maximum Gasteiger partial charge on any atom is 0.251 e. The van der Waals surface area contributed by atoms with Crippen LogP contribution in [-0.2, 0) is 10.0 Å². The van der Waals surface area contributed by atoms with Crippen LogP contribution >= 0.6 is 0 Å². The normalized spacial score (nSPS) is 17.0. The minimum atomic E-state index is -3.79. The number of rotatable bonds is 8. The fraction of sp³-hybridized carbons (Fsp3) is 0.462. The first-order valence-corrected chi connectivity index (χ1v) is 13.7. The number of H-pyrrole nitrogens is 1. The van der Waals surface area contributed by atoms with Crippen molar-refractivity contribution in [1.82, 2.24) is 19.6 Å². The molecule has 1 amide bonds. The summed E-state index contributed by atoms with van der Waals surface area (Å²) >= 11 is 0. The molecule has 2 unspecified atom stereocenters. The number of sulfonamides is 1. The summed E-state index contributed by atoms with van der Waals surface area (Å²) in [5, 5.41) is 3.09. The summed E-state index contributed by atoms with van der Waals surface area (Å²) in [6, 6.07) is 12.0. The molecule has 0 bridgehead atoms. The molecule has 1 aliphatic rings. The van der Waals surface area contributed by atoms with E-state index in [1.54, 1.807) is 12.1 Å². The second kappa shape index (κ2) is 10.8. The van der Waals surface area contributed by atoms with Crippen LogP contribution in [0.15, 0.2) is 47.4 Å². The highest BCUT2D eigenvalue weighted by Gasteiger charge is 2.30. The maximum atomic E-state index is 13.5. The number of aromatic amines is 1. The van der Waals surface area contributed by atoms with E-state index in [9.17, 15) is 13.2 Å². The lowest BCUT2D eigenvalue weighted by Crippen LogP contribution is -2.34. The Morgan fingerprint density at radius 3 is 2.51 bits per heavy atom. The van der Waals surface area contributed by atoms with Gasteiger partial charge in [-0.15, -0.1) is 0 Å². The van der Waals surface area contributed by atoms with Gasteiger partial charge in [-0.2, -0.15) is 4.31 Å². The van der Waals surface area contributed by atoms with Crippen LogP contribution in [0, 0.1) is 5.92 Å². The summed E-state index contributed by atoms with van der Waals surface area (Å²) in [4.78, 5) is 21.4. The molecule has 1 saturated heterocycles. The van der Waals surface area contributed by atoms with E-state index in [0.717, 1.165) is 43.1 Å². The lowest BCUT2D eigenvalue weighted by molar-refractivity contribution is 0.0920. The number of carbonyl (C=O) groups excluding carboxylic acids is 1. The molecule has 2 atom stereocenters. The summed E-state index contributed by atoms with van der Waals surface area (Å²) in [5.74, 6) is 0.671. The fourth-order valence-corrected chi connectivity index (χ4v) is 6.20. The number of amides is 1. The van der Waals surface area contributed by atoms with Crippen LogP contribution in [0.25, 0.3) is 11.0 Å². The van der Waals surface area contributed by atoms with Crippen LogP contribution in [0.4, 0.5) is 0 Å². The van der Waals surface area contributed by atoms with Crippen LogP contribution in [0.1, 0.15) is 68.2 Å². The van der Waals surface area contributed by atoms with Gasteiger partial charge >= 0.3 is 0 Å². The number of fused-ring (bicyclic) bond motifs is 1. The zero-order valence-electron chi connectivity index (χ0n) is 20.6. The highest BCUT2D eigenvalue weighted by molar-refractivity contribution is 7.89. The van der Waals surface area contributed by atoms with Gasteiger partial charge in [0, 0.05) is 18.7 Å². The van der Waals surface area contributed by atoms with Crippen LogP contribution in [0.5, 0.6) is 5.75 Å². The molecule has 35 heavy (non-hydrogen) atoms. The molecule has 8 nitrogen and oxygen atoms in total. The third-order valence-electron chi connectivity index (χ3n) is 6.81. The molecule has 0 radical (unpaired) electrons. The number of nitrogens with zero attached hydrogens (tertiary/aromatic N) is 2. The molecule has 0 saturated carbocycles. The highest BCUT2D eigenvalue weighted by atomic mass is 32.2. The monoisotopic (exact) mass is 498 g/mol. The van der Waals surface area contributed by atoms with Gasteiger partial charge in [0.1, 0.15) is 16.5 Å². The molecule has 1 fully saturated rings. The Kier molecular flexibility index (Phi) is 7.76. The van der Waals surface area contributed by atoms with E-state index in [4.69, 9.17) is 9.72 Å². The minimum Gasteiger partial charge on any atom is -0.495 e. The Balaban J connectivity index is 1.65. The Morgan fingerprint density at radius 2 is 1.86 bits per heavy atom. The van der Waals surface area contributed by atoms with E-state index < -0.39 is 10.0 Å². The Labute approximate surface area is 207 Å². The molecule has 188 valence electrons. The van der Waals surface area contributed by atoms with Crippen LogP contribution in [0.3, 0.4) is 0 Å². The van der Waals surface area contributed by atoms with E-state index in [1.165, 1.54) is 17.5 Å². The van der Waals surface area contributed by atoms with Gasteiger partial charge in [0.25, 0.3) is 5.91 Å². The standard InChI is InChI=1S/C26H34N4O4S/c1-4-18(2)24(25-27-20-11-7-8-12-21(20)28-25)29-26(31)19-13-14-22(34-3)23(17-19)35(32,33)30-15-9-5-6-10-16-30/h7-8,11-14,17-18,24H,4-6,9-10,15-16H2,1-3H3,(H,27,28)(H,29,31). The van der Waals surface area contributed by atoms with E-state index in [-0.39, 0.29) is 34.1 Å². The number of benzene rings is 2. The number of imidazole rings is 1. The van der Waals surface area contributed by atoms with Gasteiger partial charge in [-0.25, -0.2) is 13.4 Å². The molecule has 4 rings (SSSR count). The van der Waals surface area contributed by atoms with Crippen molar-refractivity contribution in [2.24, 2.45) is 5.92 Å². The van der Waals surface area contributed by atoms with Crippen LogP contribution in [0.2, 0.25) is 0 Å². The topological polar surface area (TPSA) is 104 Å². The van der Waals surface area contributed by atoms with E-state index >= 15 is 0 Å². The van der Waals surface area contributed by atoms with Crippen molar-refractivity contribution in [2.45, 2.75) is 56.9 Å².